The van der Waals surface area contributed by atoms with Gasteiger partial charge < -0.3 is 4.90 Å². The van der Waals surface area contributed by atoms with Gasteiger partial charge in [0.2, 0.25) is 4.77 Å². The number of benzene rings is 1. The first-order chi connectivity index (χ1) is 11.0. The van der Waals surface area contributed by atoms with E-state index in [-0.39, 0.29) is 0 Å². The van der Waals surface area contributed by atoms with Crippen LogP contribution in [0.1, 0.15) is 4.88 Å². The highest BCUT2D eigenvalue weighted by Crippen LogP contribution is 2.20. The van der Waals surface area contributed by atoms with Crippen LogP contribution in [0.25, 0.3) is 5.69 Å². The zero-order valence-electron chi connectivity index (χ0n) is 12.2. The number of hydrogen-bond acceptors (Lipinski definition) is 4. The van der Waals surface area contributed by atoms with Gasteiger partial charge in [-0.3, -0.25) is 0 Å². The van der Waals surface area contributed by atoms with Crippen LogP contribution < -0.4 is 4.90 Å². The fourth-order valence-electron chi connectivity index (χ4n) is 2.20. The van der Waals surface area contributed by atoms with Gasteiger partial charge in [-0.2, -0.15) is 9.36 Å². The summed E-state index contributed by atoms with van der Waals surface area (Å²) in [5.41, 5.74) is 0.802. The Morgan fingerprint density at radius 3 is 2.74 bits per heavy atom. The van der Waals surface area contributed by atoms with Gasteiger partial charge in [0.05, 0.1) is 21.9 Å². The minimum Gasteiger partial charge on any atom is -0.314 e. The molecule has 0 spiro atoms. The highest BCUT2D eigenvalue weighted by molar-refractivity contribution is 7.71. The Morgan fingerprint density at radius 2 is 2.04 bits per heavy atom. The summed E-state index contributed by atoms with van der Waals surface area (Å²) in [6.45, 7) is 1.47. The first kappa shape index (κ1) is 16.6. The number of quaternary nitrogens is 1. The molecule has 0 saturated heterocycles. The minimum atomic E-state index is 0.538. The van der Waals surface area contributed by atoms with Gasteiger partial charge in [0.15, 0.2) is 6.67 Å². The molecule has 120 valence electrons. The first-order valence-corrected chi connectivity index (χ1v) is 8.85. The van der Waals surface area contributed by atoms with Crippen LogP contribution in [0, 0.1) is 4.77 Å². The first-order valence-electron chi connectivity index (χ1n) is 6.87. The summed E-state index contributed by atoms with van der Waals surface area (Å²) in [4.78, 5) is 2.46. The van der Waals surface area contributed by atoms with Crippen molar-refractivity contribution >= 4 is 46.8 Å². The Kier molecular flexibility index (Phi) is 5.13. The van der Waals surface area contributed by atoms with Crippen molar-refractivity contribution in [3.63, 3.8) is 0 Å². The number of nitrogens with one attached hydrogen (secondary N) is 1. The Hall–Kier alpha value is -1.25. The van der Waals surface area contributed by atoms with Crippen LogP contribution in [0.4, 0.5) is 0 Å². The number of hydrogen-bond donors (Lipinski definition) is 1. The maximum Gasteiger partial charge on any atom is 0.225 e. The summed E-state index contributed by atoms with van der Waals surface area (Å²) >= 11 is 19.0. The average Bonchev–Trinajstić information content (AvgIpc) is 3.06. The highest BCUT2D eigenvalue weighted by atomic mass is 35.5. The highest BCUT2D eigenvalue weighted by Gasteiger charge is 2.11. The fourth-order valence-corrected chi connectivity index (χ4v) is 3.83. The predicted molar refractivity (Wildman–Crippen MR) is 95.1 cm³/mol. The molecule has 5 nitrogen and oxygen atoms in total. The Bertz CT molecular complexity index is 870. The maximum absolute atomic E-state index is 6.01. The summed E-state index contributed by atoms with van der Waals surface area (Å²) in [5.74, 6) is 0. The third kappa shape index (κ3) is 3.99. The second kappa shape index (κ2) is 7.11. The van der Waals surface area contributed by atoms with Crippen LogP contribution >= 0.6 is 46.8 Å². The van der Waals surface area contributed by atoms with Gasteiger partial charge in [-0.25, -0.2) is 0 Å². The molecule has 0 amide bonds. The molecule has 0 bridgehead atoms. The molecule has 0 radical (unpaired) electrons. The molecule has 2 heterocycles. The summed E-state index contributed by atoms with van der Waals surface area (Å²) < 4.78 is 4.66. The van der Waals surface area contributed by atoms with Crippen molar-refractivity contribution in [2.24, 2.45) is 0 Å². The molecule has 1 N–H and O–H groups in total. The van der Waals surface area contributed by atoms with E-state index in [1.165, 1.54) is 9.78 Å². The van der Waals surface area contributed by atoms with Crippen molar-refractivity contribution in [1.82, 2.24) is 19.8 Å². The zero-order valence-corrected chi connectivity index (χ0v) is 15.4. The van der Waals surface area contributed by atoms with E-state index in [9.17, 15) is 0 Å². The Morgan fingerprint density at radius 1 is 1.22 bits per heavy atom. The van der Waals surface area contributed by atoms with Gasteiger partial charge in [0, 0.05) is 5.02 Å². The molecule has 0 aliphatic rings. The maximum atomic E-state index is 6.01. The van der Waals surface area contributed by atoms with E-state index in [0.29, 0.717) is 16.5 Å². The van der Waals surface area contributed by atoms with Crippen LogP contribution in [0.2, 0.25) is 9.36 Å². The van der Waals surface area contributed by atoms with E-state index in [2.05, 4.69) is 17.5 Å². The van der Waals surface area contributed by atoms with E-state index >= 15 is 0 Å². The van der Waals surface area contributed by atoms with E-state index in [4.69, 9.17) is 35.4 Å². The lowest BCUT2D eigenvalue weighted by molar-refractivity contribution is -0.917. The van der Waals surface area contributed by atoms with Gasteiger partial charge in [-0.05, 0) is 53.0 Å². The topological polar surface area (TPSA) is 40.1 Å². The van der Waals surface area contributed by atoms with Crippen molar-refractivity contribution in [3.05, 3.63) is 55.4 Å². The molecular weight excluding hydrogens is 373 g/mol. The van der Waals surface area contributed by atoms with Gasteiger partial charge >= 0.3 is 0 Å². The van der Waals surface area contributed by atoms with Crippen molar-refractivity contribution in [3.8, 4) is 5.69 Å². The molecule has 1 atom stereocenters. The van der Waals surface area contributed by atoms with E-state index in [1.807, 2.05) is 30.3 Å². The molecule has 0 aliphatic heterocycles. The zero-order chi connectivity index (χ0) is 16.4. The van der Waals surface area contributed by atoms with E-state index in [1.54, 1.807) is 26.8 Å². The van der Waals surface area contributed by atoms with Crippen LogP contribution in [0.15, 0.2) is 36.4 Å². The minimum absolute atomic E-state index is 0.538. The number of tetrazole rings is 1. The average molecular weight is 387 g/mol. The molecule has 0 aliphatic carbocycles. The van der Waals surface area contributed by atoms with Gasteiger partial charge in [-0.15, -0.1) is 11.3 Å². The lowest BCUT2D eigenvalue weighted by Gasteiger charge is -2.11. The molecule has 3 rings (SSSR count). The molecular formula is C14H14Cl2N5S2+. The molecule has 3 aromatic rings. The molecule has 9 heteroatoms. The lowest BCUT2D eigenvalue weighted by atomic mass is 10.3. The Labute approximate surface area is 152 Å². The monoisotopic (exact) mass is 386 g/mol. The predicted octanol–water partition coefficient (Wildman–Crippen LogP) is 2.84. The van der Waals surface area contributed by atoms with Crippen LogP contribution in [0.5, 0.6) is 0 Å². The number of rotatable bonds is 5. The van der Waals surface area contributed by atoms with Crippen molar-refractivity contribution in [2.45, 2.75) is 13.2 Å². The molecule has 1 aromatic carbocycles. The molecule has 0 fully saturated rings. The fraction of sp³-hybridized carbons (Fsp3) is 0.214. The van der Waals surface area contributed by atoms with Gasteiger partial charge in [0.1, 0.15) is 6.54 Å². The number of aromatic nitrogens is 4. The largest absolute Gasteiger partial charge is 0.314 e. The smallest absolute Gasteiger partial charge is 0.225 e. The SMILES string of the molecule is C[NH+](Cc1ccc(Cl)s1)Cn1nnn(-c2cccc(Cl)c2)c1=S. The molecule has 1 unspecified atom stereocenters. The number of nitrogens with zero attached hydrogens (tertiary/aromatic N) is 4. The lowest BCUT2D eigenvalue weighted by Crippen LogP contribution is -3.06. The van der Waals surface area contributed by atoms with Gasteiger partial charge in [0.25, 0.3) is 0 Å². The molecule has 0 saturated carbocycles. The summed E-state index contributed by atoms with van der Waals surface area (Å²) in [6, 6.07) is 11.3. The Balaban J connectivity index is 1.75. The van der Waals surface area contributed by atoms with Crippen LogP contribution in [-0.2, 0) is 13.2 Å². The van der Waals surface area contributed by atoms with Crippen LogP contribution in [0.3, 0.4) is 0 Å². The van der Waals surface area contributed by atoms with E-state index in [0.717, 1.165) is 16.6 Å². The molecule has 23 heavy (non-hydrogen) atoms. The second-order valence-corrected chi connectivity index (χ2v) is 7.75. The summed E-state index contributed by atoms with van der Waals surface area (Å²) in [7, 11) is 2.08. The van der Waals surface area contributed by atoms with Crippen LogP contribution in [-0.4, -0.2) is 26.8 Å². The summed E-state index contributed by atoms with van der Waals surface area (Å²) in [5, 5.41) is 8.91. The number of halogens is 2. The van der Waals surface area contributed by atoms with E-state index < -0.39 is 0 Å². The van der Waals surface area contributed by atoms with Crippen molar-refractivity contribution in [2.75, 3.05) is 7.05 Å². The third-order valence-electron chi connectivity index (χ3n) is 3.22. The summed E-state index contributed by atoms with van der Waals surface area (Å²) in [6.07, 6.45) is 0. The normalized spacial score (nSPS) is 12.5. The number of thiophene rings is 1. The second-order valence-electron chi connectivity index (χ2n) is 5.15. The quantitative estimate of drug-likeness (QED) is 0.685. The third-order valence-corrected chi connectivity index (χ3v) is 5.07. The standard InChI is InChI=1S/C14H13Cl2N5S2/c1-19(8-12-5-6-13(16)23-12)9-20-14(22)21(18-17-20)11-4-2-3-10(15)7-11/h2-7H,8-9H2,1H3/p+1. The van der Waals surface area contributed by atoms with Crippen molar-refractivity contribution < 1.29 is 4.90 Å². The van der Waals surface area contributed by atoms with Gasteiger partial charge in [-0.1, -0.05) is 29.3 Å². The van der Waals surface area contributed by atoms with Crippen molar-refractivity contribution in [1.29, 1.82) is 0 Å². The molecule has 2 aromatic heterocycles.